The van der Waals surface area contributed by atoms with E-state index < -0.39 is 0 Å². The van der Waals surface area contributed by atoms with Crippen molar-refractivity contribution in [1.29, 1.82) is 5.26 Å². The van der Waals surface area contributed by atoms with Gasteiger partial charge in [-0.25, -0.2) is 0 Å². The van der Waals surface area contributed by atoms with E-state index in [0.717, 1.165) is 0 Å². The lowest BCUT2D eigenvalue weighted by Gasteiger charge is -2.34. The number of rotatable bonds is 8. The number of nitrogens with zero attached hydrogens (tertiary/aromatic N) is 4. The largest absolute Gasteiger partial charge is 0.490 e. The van der Waals surface area contributed by atoms with E-state index in [9.17, 15) is 10.1 Å². The molecule has 0 N–H and O–H groups in total. The van der Waals surface area contributed by atoms with Crippen LogP contribution in [0, 0.1) is 11.3 Å². The first-order valence-electron chi connectivity index (χ1n) is 10.5. The fourth-order valence-electron chi connectivity index (χ4n) is 3.51. The van der Waals surface area contributed by atoms with Gasteiger partial charge in [0.2, 0.25) is 11.6 Å². The molecule has 0 spiro atoms. The minimum Gasteiger partial charge on any atom is -0.490 e. The summed E-state index contributed by atoms with van der Waals surface area (Å²) in [6.07, 6.45) is 1.52. The van der Waals surface area contributed by atoms with Crippen LogP contribution in [0.5, 0.6) is 5.75 Å². The summed E-state index contributed by atoms with van der Waals surface area (Å²) >= 11 is 0. The predicted molar refractivity (Wildman–Crippen MR) is 115 cm³/mol. The van der Waals surface area contributed by atoms with Crippen LogP contribution in [-0.4, -0.2) is 61.8 Å². The van der Waals surface area contributed by atoms with Gasteiger partial charge in [-0.2, -0.15) is 10.2 Å². The van der Waals surface area contributed by atoms with Crippen LogP contribution in [0.4, 0.5) is 5.88 Å². The number of ether oxygens (including phenoxy) is 2. The van der Waals surface area contributed by atoms with E-state index in [2.05, 4.69) is 11.1 Å². The standard InChI is InChI=1S/C23H24N4O5/c1-2-29-14-15-31-19-7-4-3-6-17(19)22(28)26-9-11-27(12-10-26)23-18(16-24)25-21(32-23)20-8-5-13-30-20/h3-8,13H,2,9-12,14-15H2,1H3. The van der Waals surface area contributed by atoms with Gasteiger partial charge in [0.25, 0.3) is 11.8 Å². The lowest BCUT2D eigenvalue weighted by molar-refractivity contribution is 0.0735. The second-order valence-electron chi connectivity index (χ2n) is 7.08. The summed E-state index contributed by atoms with van der Waals surface area (Å²) in [5.74, 6) is 1.57. The highest BCUT2D eigenvalue weighted by Gasteiger charge is 2.28. The Hall–Kier alpha value is -3.77. The highest BCUT2D eigenvalue weighted by molar-refractivity contribution is 5.97. The van der Waals surface area contributed by atoms with Crippen LogP contribution in [0.25, 0.3) is 11.7 Å². The van der Waals surface area contributed by atoms with Crippen molar-refractivity contribution in [1.82, 2.24) is 9.88 Å². The number of hydrogen-bond donors (Lipinski definition) is 0. The van der Waals surface area contributed by atoms with Crippen molar-refractivity contribution in [3.05, 3.63) is 53.9 Å². The van der Waals surface area contributed by atoms with Crippen molar-refractivity contribution < 1.29 is 23.1 Å². The molecule has 0 aliphatic carbocycles. The third kappa shape index (κ3) is 4.60. The average Bonchev–Trinajstić information content (AvgIpc) is 3.52. The zero-order chi connectivity index (χ0) is 22.3. The molecule has 0 unspecified atom stereocenters. The number of anilines is 1. The van der Waals surface area contributed by atoms with Crippen LogP contribution in [0.15, 0.2) is 51.5 Å². The van der Waals surface area contributed by atoms with Gasteiger partial charge < -0.3 is 28.1 Å². The summed E-state index contributed by atoms with van der Waals surface area (Å²) in [5.41, 5.74) is 0.721. The summed E-state index contributed by atoms with van der Waals surface area (Å²) < 4.78 is 22.2. The van der Waals surface area contributed by atoms with Crippen molar-refractivity contribution in [3.8, 4) is 23.5 Å². The number of para-hydroxylation sites is 1. The fraction of sp³-hybridized carbons (Fsp3) is 0.348. The van der Waals surface area contributed by atoms with Gasteiger partial charge in [0.15, 0.2) is 5.76 Å². The number of carbonyl (C=O) groups is 1. The molecule has 1 aliphatic rings. The quantitative estimate of drug-likeness (QED) is 0.496. The van der Waals surface area contributed by atoms with E-state index in [-0.39, 0.29) is 17.5 Å². The van der Waals surface area contributed by atoms with E-state index in [0.29, 0.717) is 69.0 Å². The number of nitriles is 1. The minimum absolute atomic E-state index is 0.0917. The number of hydrogen-bond acceptors (Lipinski definition) is 8. The second-order valence-corrected chi connectivity index (χ2v) is 7.08. The Balaban J connectivity index is 1.41. The number of piperazine rings is 1. The molecule has 1 aromatic carbocycles. The van der Waals surface area contributed by atoms with E-state index in [4.69, 9.17) is 18.3 Å². The number of amides is 1. The van der Waals surface area contributed by atoms with Gasteiger partial charge in [0, 0.05) is 32.8 Å². The Labute approximate surface area is 185 Å². The van der Waals surface area contributed by atoms with Gasteiger partial charge in [-0.15, -0.1) is 0 Å². The lowest BCUT2D eigenvalue weighted by atomic mass is 10.1. The SMILES string of the molecule is CCOCCOc1ccccc1C(=O)N1CCN(c2oc(-c3ccco3)nc2C#N)CC1. The summed E-state index contributed by atoms with van der Waals surface area (Å²) in [7, 11) is 0. The van der Waals surface area contributed by atoms with Crippen LogP contribution in [-0.2, 0) is 4.74 Å². The second kappa shape index (κ2) is 10.0. The maximum atomic E-state index is 13.1. The first kappa shape index (κ1) is 21.5. The minimum atomic E-state index is -0.0917. The molecule has 4 rings (SSSR count). The molecule has 9 heteroatoms. The lowest BCUT2D eigenvalue weighted by Crippen LogP contribution is -2.49. The molecule has 1 aliphatic heterocycles. The highest BCUT2D eigenvalue weighted by Crippen LogP contribution is 2.29. The first-order chi connectivity index (χ1) is 15.7. The summed E-state index contributed by atoms with van der Waals surface area (Å²) in [5, 5.41) is 9.47. The summed E-state index contributed by atoms with van der Waals surface area (Å²) in [6, 6.07) is 12.8. The number of aromatic nitrogens is 1. The molecule has 32 heavy (non-hydrogen) atoms. The van der Waals surface area contributed by atoms with Crippen LogP contribution in [0.3, 0.4) is 0 Å². The van der Waals surface area contributed by atoms with Crippen LogP contribution < -0.4 is 9.64 Å². The Kier molecular flexibility index (Phi) is 6.72. The average molecular weight is 436 g/mol. The molecule has 9 nitrogen and oxygen atoms in total. The number of carbonyl (C=O) groups excluding carboxylic acids is 1. The van der Waals surface area contributed by atoms with Crippen LogP contribution in [0.1, 0.15) is 23.0 Å². The van der Waals surface area contributed by atoms with Gasteiger partial charge in [0.1, 0.15) is 18.4 Å². The molecule has 2 aromatic heterocycles. The third-order valence-corrected chi connectivity index (χ3v) is 5.11. The molecule has 1 fully saturated rings. The topological polar surface area (TPSA) is 105 Å². The van der Waals surface area contributed by atoms with Gasteiger partial charge >= 0.3 is 0 Å². The smallest absolute Gasteiger partial charge is 0.266 e. The maximum Gasteiger partial charge on any atom is 0.266 e. The molecule has 1 saturated heterocycles. The third-order valence-electron chi connectivity index (χ3n) is 5.11. The van der Waals surface area contributed by atoms with Crippen LogP contribution >= 0.6 is 0 Å². The molecule has 0 radical (unpaired) electrons. The number of oxazole rings is 1. The van der Waals surface area contributed by atoms with Gasteiger partial charge in [0.05, 0.1) is 18.4 Å². The van der Waals surface area contributed by atoms with E-state index in [1.165, 1.54) is 6.26 Å². The molecule has 3 heterocycles. The van der Waals surface area contributed by atoms with Crippen molar-refractivity contribution >= 4 is 11.8 Å². The highest BCUT2D eigenvalue weighted by atomic mass is 16.5. The fourth-order valence-corrected chi connectivity index (χ4v) is 3.51. The van der Waals surface area contributed by atoms with Crippen molar-refractivity contribution in [2.75, 3.05) is 50.9 Å². The normalized spacial score (nSPS) is 13.8. The Morgan fingerprint density at radius 3 is 2.69 bits per heavy atom. The van der Waals surface area contributed by atoms with Gasteiger partial charge in [-0.05, 0) is 31.2 Å². The first-order valence-corrected chi connectivity index (χ1v) is 10.5. The summed E-state index contributed by atoms with van der Waals surface area (Å²) in [4.78, 5) is 21.1. The molecule has 166 valence electrons. The molecule has 3 aromatic rings. The summed E-state index contributed by atoms with van der Waals surface area (Å²) in [6.45, 7) is 5.38. The molecule has 0 bridgehead atoms. The van der Waals surface area contributed by atoms with Crippen molar-refractivity contribution in [2.24, 2.45) is 0 Å². The van der Waals surface area contributed by atoms with E-state index in [1.807, 2.05) is 24.0 Å². The molecule has 0 saturated carbocycles. The van der Waals surface area contributed by atoms with Crippen molar-refractivity contribution in [2.45, 2.75) is 6.92 Å². The van der Waals surface area contributed by atoms with Crippen molar-refractivity contribution in [3.63, 3.8) is 0 Å². The zero-order valence-corrected chi connectivity index (χ0v) is 17.8. The molecular weight excluding hydrogens is 412 g/mol. The molecular formula is C23H24N4O5. The van der Waals surface area contributed by atoms with E-state index >= 15 is 0 Å². The van der Waals surface area contributed by atoms with E-state index in [1.54, 1.807) is 29.2 Å². The molecule has 1 amide bonds. The Bertz CT molecular complexity index is 1080. The monoisotopic (exact) mass is 436 g/mol. The Morgan fingerprint density at radius 1 is 1.16 bits per heavy atom. The number of benzene rings is 1. The maximum absolute atomic E-state index is 13.1. The number of furan rings is 1. The molecule has 0 atom stereocenters. The van der Waals surface area contributed by atoms with Gasteiger partial charge in [-0.1, -0.05) is 12.1 Å². The Morgan fingerprint density at radius 2 is 1.97 bits per heavy atom. The predicted octanol–water partition coefficient (Wildman–Crippen LogP) is 3.18. The van der Waals surface area contributed by atoms with Gasteiger partial charge in [-0.3, -0.25) is 4.79 Å². The zero-order valence-electron chi connectivity index (χ0n) is 17.8. The van der Waals surface area contributed by atoms with Crippen LogP contribution in [0.2, 0.25) is 0 Å².